The Morgan fingerprint density at radius 3 is 2.38 bits per heavy atom. The average molecular weight is 405 g/mol. The van der Waals surface area contributed by atoms with Crippen molar-refractivity contribution in [1.29, 1.82) is 0 Å². The molecule has 1 aliphatic rings. The van der Waals surface area contributed by atoms with Crippen LogP contribution in [0.15, 0.2) is 23.1 Å². The van der Waals surface area contributed by atoms with Crippen LogP contribution < -0.4 is 9.46 Å². The highest BCUT2D eigenvalue weighted by atomic mass is 32.2. The lowest BCUT2D eigenvalue weighted by Crippen LogP contribution is -2.28. The first-order chi connectivity index (χ1) is 12.2. The van der Waals surface area contributed by atoms with E-state index in [4.69, 9.17) is 4.74 Å². The molecule has 148 valence electrons. The molecule has 1 aromatic carbocycles. The molecule has 0 atom stereocenters. The van der Waals surface area contributed by atoms with E-state index in [-0.39, 0.29) is 28.0 Å². The molecule has 0 radical (unpaired) electrons. The number of nitrogens with one attached hydrogen (secondary N) is 1. The van der Waals surface area contributed by atoms with Crippen LogP contribution in [0.1, 0.15) is 40.0 Å². The van der Waals surface area contributed by atoms with E-state index in [1.807, 2.05) is 13.8 Å². The van der Waals surface area contributed by atoms with Gasteiger partial charge in [0, 0.05) is 13.1 Å². The van der Waals surface area contributed by atoms with Gasteiger partial charge in [-0.1, -0.05) is 13.8 Å². The highest BCUT2D eigenvalue weighted by molar-refractivity contribution is 7.92. The Kier molecular flexibility index (Phi) is 6.92. The predicted octanol–water partition coefficient (Wildman–Crippen LogP) is 2.66. The molecule has 26 heavy (non-hydrogen) atoms. The Balaban J connectivity index is 2.33. The third-order valence-electron chi connectivity index (χ3n) is 4.16. The summed E-state index contributed by atoms with van der Waals surface area (Å²) in [6.45, 7) is 6.94. The summed E-state index contributed by atoms with van der Waals surface area (Å²) in [7, 11) is -7.26. The van der Waals surface area contributed by atoms with Gasteiger partial charge in [0.05, 0.1) is 18.0 Å². The molecule has 0 bridgehead atoms. The summed E-state index contributed by atoms with van der Waals surface area (Å²) in [4.78, 5) is 0.00492. The Bertz CT molecular complexity index is 814. The molecule has 1 aromatic rings. The van der Waals surface area contributed by atoms with Gasteiger partial charge in [-0.25, -0.2) is 16.8 Å². The highest BCUT2D eigenvalue weighted by Gasteiger charge is 2.30. The fourth-order valence-electron chi connectivity index (χ4n) is 2.74. The molecule has 0 spiro atoms. The van der Waals surface area contributed by atoms with Gasteiger partial charge in [-0.2, -0.15) is 4.31 Å². The number of benzene rings is 1. The maximum Gasteiger partial charge on any atom is 0.246 e. The van der Waals surface area contributed by atoms with Gasteiger partial charge in [0.1, 0.15) is 10.6 Å². The van der Waals surface area contributed by atoms with Crippen molar-refractivity contribution < 1.29 is 21.6 Å². The first kappa shape index (κ1) is 21.0. The summed E-state index contributed by atoms with van der Waals surface area (Å²) in [5.41, 5.74) is 0.231. The number of ether oxygens (including phenoxy) is 1. The topological polar surface area (TPSA) is 92.8 Å². The molecule has 1 fully saturated rings. The molecule has 0 aromatic heterocycles. The molecule has 0 unspecified atom stereocenters. The molecular formula is C17H28N2O5S2. The van der Waals surface area contributed by atoms with Crippen molar-refractivity contribution in [3.05, 3.63) is 18.2 Å². The molecule has 1 N–H and O–H groups in total. The lowest BCUT2D eigenvalue weighted by atomic mass is 10.2. The van der Waals surface area contributed by atoms with Crippen molar-refractivity contribution >= 4 is 25.7 Å². The molecule has 1 aliphatic heterocycles. The van der Waals surface area contributed by atoms with E-state index < -0.39 is 20.0 Å². The van der Waals surface area contributed by atoms with Crippen molar-refractivity contribution in [2.75, 3.05) is 30.2 Å². The molecule has 1 heterocycles. The molecular weight excluding hydrogens is 376 g/mol. The first-order valence-electron chi connectivity index (χ1n) is 8.93. The van der Waals surface area contributed by atoms with Gasteiger partial charge in [0.15, 0.2) is 0 Å². The van der Waals surface area contributed by atoms with Crippen molar-refractivity contribution in [2.45, 2.75) is 44.9 Å². The molecule has 9 heteroatoms. The maximum atomic E-state index is 12.9. The second-order valence-corrected chi connectivity index (χ2v) is 10.6. The Labute approximate surface area is 156 Å². The largest absolute Gasteiger partial charge is 0.492 e. The molecule has 0 amide bonds. The molecule has 0 aliphatic carbocycles. The highest BCUT2D eigenvalue weighted by Crippen LogP contribution is 2.32. The lowest BCUT2D eigenvalue weighted by molar-refractivity contribution is 0.330. The van der Waals surface area contributed by atoms with E-state index in [1.54, 1.807) is 6.92 Å². The van der Waals surface area contributed by atoms with Crippen molar-refractivity contribution in [3.63, 3.8) is 0 Å². The average Bonchev–Trinajstić information content (AvgIpc) is 3.10. The first-order valence-corrected chi connectivity index (χ1v) is 12.0. The molecule has 1 saturated heterocycles. The van der Waals surface area contributed by atoms with E-state index in [2.05, 4.69) is 4.72 Å². The minimum atomic E-state index is -3.72. The number of nitrogens with zero attached hydrogens (tertiary/aromatic N) is 1. The maximum absolute atomic E-state index is 12.9. The van der Waals surface area contributed by atoms with Crippen LogP contribution >= 0.6 is 0 Å². The van der Waals surface area contributed by atoms with Gasteiger partial charge in [-0.15, -0.1) is 0 Å². The standard InChI is InChI=1S/C17H28N2O5S2/c1-4-24-16-8-7-15(18-25(20,21)12-9-14(2)3)13-17(16)26(22,23)19-10-5-6-11-19/h7-8,13-14,18H,4-6,9-12H2,1-3H3. The fourth-order valence-corrected chi connectivity index (χ4v) is 5.78. The van der Waals surface area contributed by atoms with Crippen LogP contribution in [0.5, 0.6) is 5.75 Å². The van der Waals surface area contributed by atoms with Gasteiger partial charge in [0.2, 0.25) is 20.0 Å². The Hall–Kier alpha value is -1.32. The summed E-state index contributed by atoms with van der Waals surface area (Å²) < 4.78 is 59.7. The number of hydrogen-bond donors (Lipinski definition) is 1. The zero-order valence-electron chi connectivity index (χ0n) is 15.6. The fraction of sp³-hybridized carbons (Fsp3) is 0.647. The van der Waals surface area contributed by atoms with Gasteiger partial charge in [0.25, 0.3) is 0 Å². The third-order valence-corrected chi connectivity index (χ3v) is 7.40. The minimum absolute atomic E-state index is 0.00492. The predicted molar refractivity (Wildman–Crippen MR) is 102 cm³/mol. The van der Waals surface area contributed by atoms with E-state index in [9.17, 15) is 16.8 Å². The number of hydrogen-bond acceptors (Lipinski definition) is 5. The van der Waals surface area contributed by atoms with Gasteiger partial charge >= 0.3 is 0 Å². The zero-order valence-corrected chi connectivity index (χ0v) is 17.2. The summed E-state index contributed by atoms with van der Waals surface area (Å²) in [5, 5.41) is 0. The molecule has 0 saturated carbocycles. The molecule has 2 rings (SSSR count). The van der Waals surface area contributed by atoms with E-state index in [0.717, 1.165) is 12.8 Å². The monoisotopic (exact) mass is 404 g/mol. The van der Waals surface area contributed by atoms with Gasteiger partial charge < -0.3 is 4.74 Å². The van der Waals surface area contributed by atoms with Crippen LogP contribution in [0.3, 0.4) is 0 Å². The van der Waals surface area contributed by atoms with Crippen LogP contribution in [0.2, 0.25) is 0 Å². The zero-order chi connectivity index (χ0) is 19.4. The van der Waals surface area contributed by atoms with E-state index in [0.29, 0.717) is 26.1 Å². The Morgan fingerprint density at radius 2 is 1.81 bits per heavy atom. The SMILES string of the molecule is CCOc1ccc(NS(=O)(=O)CCC(C)C)cc1S(=O)(=O)N1CCCC1. The van der Waals surface area contributed by atoms with Crippen molar-refractivity contribution in [3.8, 4) is 5.75 Å². The lowest BCUT2D eigenvalue weighted by Gasteiger charge is -2.19. The summed E-state index contributed by atoms with van der Waals surface area (Å²) in [5.74, 6) is 0.495. The van der Waals surface area contributed by atoms with Crippen LogP contribution in [-0.2, 0) is 20.0 Å². The van der Waals surface area contributed by atoms with Crippen LogP contribution in [0.25, 0.3) is 0 Å². The second kappa shape index (κ2) is 8.58. The third kappa shape index (κ3) is 5.34. The Morgan fingerprint density at radius 1 is 1.15 bits per heavy atom. The van der Waals surface area contributed by atoms with Crippen LogP contribution in [-0.4, -0.2) is 46.6 Å². The van der Waals surface area contributed by atoms with Crippen LogP contribution in [0, 0.1) is 5.92 Å². The van der Waals surface area contributed by atoms with Crippen molar-refractivity contribution in [1.82, 2.24) is 4.31 Å². The minimum Gasteiger partial charge on any atom is -0.492 e. The summed E-state index contributed by atoms with van der Waals surface area (Å²) in [6.07, 6.45) is 2.18. The quantitative estimate of drug-likeness (QED) is 0.683. The van der Waals surface area contributed by atoms with E-state index in [1.165, 1.54) is 22.5 Å². The number of sulfonamides is 2. The normalized spacial score (nSPS) is 16.2. The second-order valence-electron chi connectivity index (χ2n) is 6.81. The van der Waals surface area contributed by atoms with Crippen LogP contribution in [0.4, 0.5) is 5.69 Å². The van der Waals surface area contributed by atoms with E-state index >= 15 is 0 Å². The van der Waals surface area contributed by atoms with Gasteiger partial charge in [-0.3, -0.25) is 4.72 Å². The van der Waals surface area contributed by atoms with Crippen molar-refractivity contribution in [2.24, 2.45) is 5.92 Å². The number of anilines is 1. The smallest absolute Gasteiger partial charge is 0.246 e. The number of rotatable bonds is 9. The summed E-state index contributed by atoms with van der Waals surface area (Å²) >= 11 is 0. The molecule has 7 nitrogen and oxygen atoms in total. The summed E-state index contributed by atoms with van der Waals surface area (Å²) in [6, 6.07) is 4.39. The van der Waals surface area contributed by atoms with Gasteiger partial charge in [-0.05, 0) is 50.3 Å².